The number of nitrogens with zero attached hydrogens (tertiary/aromatic N) is 1. The number of benzene rings is 2. The van der Waals surface area contributed by atoms with E-state index in [4.69, 9.17) is 14.6 Å². The summed E-state index contributed by atoms with van der Waals surface area (Å²) in [6.45, 7) is 6.67. The van der Waals surface area contributed by atoms with Gasteiger partial charge in [0.05, 0.1) is 31.2 Å². The van der Waals surface area contributed by atoms with Crippen LogP contribution in [0, 0.1) is 24.6 Å². The van der Waals surface area contributed by atoms with Gasteiger partial charge in [-0.05, 0) is 80.5 Å². The van der Waals surface area contributed by atoms with Gasteiger partial charge in [-0.3, -0.25) is 4.79 Å². The van der Waals surface area contributed by atoms with Crippen LogP contribution in [-0.4, -0.2) is 61.3 Å². The zero-order valence-electron chi connectivity index (χ0n) is 26.1. The maximum absolute atomic E-state index is 15.8. The predicted octanol–water partition coefficient (Wildman–Crippen LogP) is 4.18. The van der Waals surface area contributed by atoms with Crippen LogP contribution in [0.3, 0.4) is 0 Å². The minimum Gasteiger partial charge on any atom is -0.542 e. The summed E-state index contributed by atoms with van der Waals surface area (Å²) >= 11 is 0. The van der Waals surface area contributed by atoms with E-state index in [1.807, 2.05) is 6.92 Å². The summed E-state index contributed by atoms with van der Waals surface area (Å²) in [5, 5.41) is 11.0. The van der Waals surface area contributed by atoms with Crippen molar-refractivity contribution < 1.29 is 42.3 Å². The molecular formula is C35H44F4N2O4. The number of fused-ring (bicyclic) bond motifs is 2. The van der Waals surface area contributed by atoms with E-state index in [1.165, 1.54) is 37.7 Å². The monoisotopic (exact) mass is 632 g/mol. The molecule has 5 atom stereocenters. The van der Waals surface area contributed by atoms with Gasteiger partial charge in [0.25, 0.3) is 0 Å². The van der Waals surface area contributed by atoms with Gasteiger partial charge in [0.1, 0.15) is 17.7 Å². The van der Waals surface area contributed by atoms with Crippen LogP contribution in [0.25, 0.3) is 0 Å². The maximum Gasteiger partial charge on any atom is 0.430 e. The number of carboxylic acid groups (broad SMARTS) is 1. The van der Waals surface area contributed by atoms with E-state index in [-0.39, 0.29) is 29.8 Å². The number of piperidine rings is 1. The first-order valence-corrected chi connectivity index (χ1v) is 16.3. The fourth-order valence-electron chi connectivity index (χ4n) is 8.38. The number of carboxylic acids is 1. The van der Waals surface area contributed by atoms with Gasteiger partial charge < -0.3 is 24.9 Å². The zero-order valence-corrected chi connectivity index (χ0v) is 26.1. The van der Waals surface area contributed by atoms with Crippen molar-refractivity contribution in [1.29, 1.82) is 0 Å². The van der Waals surface area contributed by atoms with E-state index >= 15 is 4.39 Å². The Morgan fingerprint density at radius 1 is 1.07 bits per heavy atom. The number of hydrogen-bond acceptors (Lipinski definition) is 4. The van der Waals surface area contributed by atoms with Crippen molar-refractivity contribution >= 4 is 11.9 Å². The van der Waals surface area contributed by atoms with E-state index in [9.17, 15) is 18.0 Å². The second-order valence-corrected chi connectivity index (χ2v) is 13.5. The summed E-state index contributed by atoms with van der Waals surface area (Å²) in [6, 6.07) is 14.9. The van der Waals surface area contributed by atoms with Crippen molar-refractivity contribution in [3.8, 4) is 0 Å². The molecule has 2 unspecified atom stereocenters. The number of alkyl halides is 3. The number of aliphatic carboxylic acids is 1. The van der Waals surface area contributed by atoms with Crippen LogP contribution in [0.5, 0.6) is 0 Å². The normalized spacial score (nSPS) is 29.0. The molecule has 246 valence electrons. The molecular weight excluding hydrogens is 588 g/mol. The number of halogens is 4. The van der Waals surface area contributed by atoms with Crippen LogP contribution in [0.15, 0.2) is 42.5 Å². The van der Waals surface area contributed by atoms with Gasteiger partial charge in [-0.15, -0.1) is 0 Å². The second kappa shape index (κ2) is 13.8. The molecule has 0 bridgehead atoms. The Morgan fingerprint density at radius 2 is 1.76 bits per heavy atom. The molecule has 2 aromatic carbocycles. The van der Waals surface area contributed by atoms with Gasteiger partial charge in [0.2, 0.25) is 5.91 Å². The number of quaternary nitrogens is 1. The Balaban J connectivity index is 0.000000515. The first-order chi connectivity index (χ1) is 21.4. The first-order valence-electron chi connectivity index (χ1n) is 16.3. The number of amides is 1. The van der Waals surface area contributed by atoms with Crippen LogP contribution in [0.2, 0.25) is 0 Å². The topological polar surface area (TPSA) is 86.3 Å². The van der Waals surface area contributed by atoms with E-state index in [0.29, 0.717) is 38.0 Å². The molecule has 1 saturated carbocycles. The van der Waals surface area contributed by atoms with Gasteiger partial charge >= 0.3 is 6.18 Å². The molecule has 3 aliphatic heterocycles. The molecule has 4 aliphatic rings. The zero-order chi connectivity index (χ0) is 32.4. The van der Waals surface area contributed by atoms with Gasteiger partial charge in [-0.2, -0.15) is 13.2 Å². The predicted molar refractivity (Wildman–Crippen MR) is 159 cm³/mol. The molecule has 1 amide bonds. The average Bonchev–Trinajstić information content (AvgIpc) is 3.37. The van der Waals surface area contributed by atoms with Crippen LogP contribution in [0.4, 0.5) is 17.6 Å². The van der Waals surface area contributed by atoms with Crippen LogP contribution in [-0.2, 0) is 26.2 Å². The third-order valence-electron chi connectivity index (χ3n) is 10.4. The number of carbonyl (C=O) groups excluding carboxylic acids is 2. The van der Waals surface area contributed by atoms with Crippen molar-refractivity contribution in [3.05, 3.63) is 70.5 Å². The van der Waals surface area contributed by atoms with E-state index < -0.39 is 17.6 Å². The molecule has 3 fully saturated rings. The van der Waals surface area contributed by atoms with Crippen molar-refractivity contribution in [3.63, 3.8) is 0 Å². The third-order valence-corrected chi connectivity index (χ3v) is 10.4. The first kappa shape index (κ1) is 33.4. The largest absolute Gasteiger partial charge is 0.542 e. The smallest absolute Gasteiger partial charge is 0.430 e. The Kier molecular flexibility index (Phi) is 10.2. The Bertz CT molecular complexity index is 1350. The van der Waals surface area contributed by atoms with Crippen molar-refractivity contribution in [2.45, 2.75) is 94.9 Å². The Labute approximate surface area is 262 Å². The fourth-order valence-corrected chi connectivity index (χ4v) is 8.38. The fraction of sp³-hybridized carbons (Fsp3) is 0.600. The van der Waals surface area contributed by atoms with Crippen molar-refractivity contribution in [1.82, 2.24) is 4.90 Å². The molecule has 2 N–H and O–H groups in total. The molecule has 6 nitrogen and oxygen atoms in total. The minimum absolute atomic E-state index is 0.0160. The molecule has 1 aliphatic carbocycles. The minimum atomic E-state index is -5.19. The number of rotatable bonds is 3. The molecule has 3 heterocycles. The molecule has 2 saturated heterocycles. The molecule has 6 rings (SSSR count). The standard InChI is InChI=1S/C33H43FN2O2.C2HF3O2/c1-22-15-27-17-23(2)38-21-33(31(27)29(34)16-22)20-35-19-28(33)32(37)36-14-13-26(24-9-5-3-6-10-24)18-30(36)25-11-7-4-8-12-25;3-2(4,5)1(6)7/h3,5-6,9-10,15-16,23,25-26,28,30,35H,4,7-8,11-14,17-21H2,1-2H3;(H,6,7)/t23?,26-,28?,30+,33+;/m1./s1. The molecule has 2 aromatic rings. The number of likely N-dealkylation sites (tertiary alicyclic amines) is 1. The molecule has 10 heteroatoms. The summed E-state index contributed by atoms with van der Waals surface area (Å²) < 4.78 is 53.7. The quantitative estimate of drug-likeness (QED) is 0.515. The average molecular weight is 633 g/mol. The summed E-state index contributed by atoms with van der Waals surface area (Å²) in [5.74, 6) is -2.12. The van der Waals surface area contributed by atoms with Crippen molar-refractivity contribution in [2.75, 3.05) is 26.2 Å². The lowest BCUT2D eigenvalue weighted by molar-refractivity contribution is -0.640. The number of aryl methyl sites for hydroxylation is 1. The molecule has 0 radical (unpaired) electrons. The van der Waals surface area contributed by atoms with Gasteiger partial charge in [-0.1, -0.05) is 55.7 Å². The highest BCUT2D eigenvalue weighted by molar-refractivity contribution is 5.82. The maximum atomic E-state index is 15.8. The SMILES string of the molecule is Cc1cc(F)c2c(c1)CC(C)OC[C@]21C[NH2+]CC1C(=O)N1CC[C@@H](c2ccccc2)C[C@H]1C1CCCCC1.O=C([O-])C(F)(F)F. The van der Waals surface area contributed by atoms with Gasteiger partial charge in [0.15, 0.2) is 0 Å². The summed E-state index contributed by atoms with van der Waals surface area (Å²) in [7, 11) is 0. The van der Waals surface area contributed by atoms with E-state index in [0.717, 1.165) is 36.1 Å². The summed E-state index contributed by atoms with van der Waals surface area (Å²) in [6.07, 6.45) is 3.84. The van der Waals surface area contributed by atoms with Crippen molar-refractivity contribution in [2.24, 2.45) is 11.8 Å². The Morgan fingerprint density at radius 3 is 2.42 bits per heavy atom. The Hall–Kier alpha value is -2.98. The molecule has 1 spiro atoms. The van der Waals surface area contributed by atoms with Crippen LogP contribution >= 0.6 is 0 Å². The number of nitrogens with two attached hydrogens (primary N) is 1. The number of carbonyl (C=O) groups is 2. The highest BCUT2D eigenvalue weighted by atomic mass is 19.4. The third kappa shape index (κ3) is 7.22. The van der Waals surface area contributed by atoms with Crippen LogP contribution < -0.4 is 10.4 Å². The summed E-state index contributed by atoms with van der Waals surface area (Å²) in [5.41, 5.74) is 3.53. The number of ether oxygens (including phenoxy) is 1. The second-order valence-electron chi connectivity index (χ2n) is 13.5. The molecule has 45 heavy (non-hydrogen) atoms. The highest BCUT2D eigenvalue weighted by Gasteiger charge is 2.57. The lowest BCUT2D eigenvalue weighted by atomic mass is 9.69. The highest BCUT2D eigenvalue weighted by Crippen LogP contribution is 2.45. The summed E-state index contributed by atoms with van der Waals surface area (Å²) in [4.78, 5) is 25.7. The van der Waals surface area contributed by atoms with Gasteiger partial charge in [0, 0.05) is 18.2 Å². The van der Waals surface area contributed by atoms with Crippen LogP contribution in [0.1, 0.15) is 80.0 Å². The molecule has 0 aromatic heterocycles. The van der Waals surface area contributed by atoms with Gasteiger partial charge in [-0.25, -0.2) is 4.39 Å². The van der Waals surface area contributed by atoms with E-state index in [2.05, 4.69) is 53.5 Å². The lowest BCUT2D eigenvalue weighted by Gasteiger charge is -2.46. The lowest BCUT2D eigenvalue weighted by Crippen LogP contribution is -2.82. The van der Waals surface area contributed by atoms with E-state index in [1.54, 1.807) is 6.07 Å². The number of hydrogen-bond donors (Lipinski definition) is 1.